The molecule has 0 aliphatic carbocycles. The monoisotopic (exact) mass is 339 g/mol. The van der Waals surface area contributed by atoms with Gasteiger partial charge in [0, 0.05) is 11.3 Å². The van der Waals surface area contributed by atoms with Crippen molar-refractivity contribution in [2.75, 3.05) is 5.43 Å². The summed E-state index contributed by atoms with van der Waals surface area (Å²) in [6.45, 7) is 4.62. The number of alkyl halides is 3. The number of halogens is 3. The molecule has 1 aromatic carbocycles. The van der Waals surface area contributed by atoms with Gasteiger partial charge in [0.15, 0.2) is 5.78 Å². The Balaban J connectivity index is 2.22. The predicted molar refractivity (Wildman–Crippen MR) is 82.8 cm³/mol. The lowest BCUT2D eigenvalue weighted by molar-refractivity contribution is -0.137. The minimum absolute atomic E-state index is 0.120. The van der Waals surface area contributed by atoms with Gasteiger partial charge in [0.05, 0.1) is 11.3 Å². The van der Waals surface area contributed by atoms with Crippen LogP contribution in [0, 0.1) is 13.8 Å². The summed E-state index contributed by atoms with van der Waals surface area (Å²) in [5.74, 6) is -0.865. The second-order valence-electron chi connectivity index (χ2n) is 5.30. The molecule has 5 nitrogen and oxygen atoms in total. The fourth-order valence-corrected chi connectivity index (χ4v) is 2.53. The number of hydrogen-bond acceptors (Lipinski definition) is 3. The number of Topliss-reactive ketones (excluding diaryl/α,β-unsaturated/α-hetero) is 1. The molecule has 0 aliphatic heterocycles. The molecule has 0 atom stereocenters. The highest BCUT2D eigenvalue weighted by Crippen LogP contribution is 2.34. The zero-order valence-electron chi connectivity index (χ0n) is 13.3. The molecule has 1 heterocycles. The fraction of sp³-hybridized carbons (Fsp3) is 0.250. The summed E-state index contributed by atoms with van der Waals surface area (Å²) in [4.78, 5) is 26.5. The summed E-state index contributed by atoms with van der Waals surface area (Å²) in [6.07, 6.45) is -4.55. The smallest absolute Gasteiger partial charge is 0.354 e. The molecule has 1 aromatic heterocycles. The molecule has 0 saturated carbocycles. The van der Waals surface area contributed by atoms with Crippen LogP contribution in [0.15, 0.2) is 24.3 Å². The van der Waals surface area contributed by atoms with Crippen molar-refractivity contribution < 1.29 is 22.8 Å². The minimum atomic E-state index is -4.55. The summed E-state index contributed by atoms with van der Waals surface area (Å²) in [6, 6.07) is 4.79. The van der Waals surface area contributed by atoms with Crippen LogP contribution in [-0.4, -0.2) is 16.7 Å². The molecule has 0 spiro atoms. The topological polar surface area (TPSA) is 74.0 Å². The Morgan fingerprint density at radius 2 is 1.75 bits per heavy atom. The van der Waals surface area contributed by atoms with Crippen LogP contribution in [0.1, 0.15) is 44.6 Å². The van der Waals surface area contributed by atoms with E-state index in [-0.39, 0.29) is 17.2 Å². The SMILES string of the molecule is CC(=O)c1c(C)[nH]c(C(=O)NNc2ccccc2C(F)(F)F)c1C. The van der Waals surface area contributed by atoms with Crippen molar-refractivity contribution in [2.45, 2.75) is 26.9 Å². The summed E-state index contributed by atoms with van der Waals surface area (Å²) in [7, 11) is 0. The Labute approximate surface area is 136 Å². The number of ketones is 1. The van der Waals surface area contributed by atoms with Crippen LogP contribution in [0.4, 0.5) is 18.9 Å². The second-order valence-corrected chi connectivity index (χ2v) is 5.30. The normalized spacial score (nSPS) is 11.2. The van der Waals surface area contributed by atoms with Crippen molar-refractivity contribution in [1.82, 2.24) is 10.4 Å². The van der Waals surface area contributed by atoms with Crippen molar-refractivity contribution in [3.8, 4) is 0 Å². The van der Waals surface area contributed by atoms with Gasteiger partial charge >= 0.3 is 6.18 Å². The number of aryl methyl sites for hydroxylation is 1. The lowest BCUT2D eigenvalue weighted by atomic mass is 10.1. The Morgan fingerprint density at radius 3 is 2.29 bits per heavy atom. The van der Waals surface area contributed by atoms with Crippen molar-refractivity contribution in [3.63, 3.8) is 0 Å². The molecule has 3 N–H and O–H groups in total. The van der Waals surface area contributed by atoms with Gasteiger partial charge in [0.2, 0.25) is 0 Å². The standard InChI is InChI=1S/C16H16F3N3O2/c1-8-13(10(3)23)9(2)20-14(8)15(24)22-21-12-7-5-4-6-11(12)16(17,18)19/h4-7,20-21H,1-3H3,(H,22,24). The number of anilines is 1. The highest BCUT2D eigenvalue weighted by molar-refractivity contribution is 6.02. The number of rotatable bonds is 4. The van der Waals surface area contributed by atoms with E-state index in [1.54, 1.807) is 13.8 Å². The number of aromatic nitrogens is 1. The molecule has 0 aliphatic rings. The Hall–Kier alpha value is -2.77. The van der Waals surface area contributed by atoms with Crippen molar-refractivity contribution in [3.05, 3.63) is 52.3 Å². The van der Waals surface area contributed by atoms with Gasteiger partial charge < -0.3 is 4.98 Å². The Kier molecular flexibility index (Phi) is 4.68. The number of para-hydroxylation sites is 1. The lowest BCUT2D eigenvalue weighted by Crippen LogP contribution is -2.31. The quantitative estimate of drug-likeness (QED) is 0.588. The van der Waals surface area contributed by atoms with E-state index in [4.69, 9.17) is 0 Å². The van der Waals surface area contributed by atoms with Gasteiger partial charge in [-0.1, -0.05) is 12.1 Å². The maximum Gasteiger partial charge on any atom is 0.418 e. The first-order valence-electron chi connectivity index (χ1n) is 7.05. The summed E-state index contributed by atoms with van der Waals surface area (Å²) >= 11 is 0. The number of benzene rings is 1. The number of carbonyl (C=O) groups is 2. The molecule has 2 aromatic rings. The molecule has 24 heavy (non-hydrogen) atoms. The maximum absolute atomic E-state index is 12.9. The van der Waals surface area contributed by atoms with Gasteiger partial charge in [-0.3, -0.25) is 20.4 Å². The molecule has 0 radical (unpaired) electrons. The highest BCUT2D eigenvalue weighted by atomic mass is 19.4. The van der Waals surface area contributed by atoms with E-state index in [2.05, 4.69) is 15.8 Å². The van der Waals surface area contributed by atoms with E-state index in [9.17, 15) is 22.8 Å². The molecule has 1 amide bonds. The molecule has 0 fully saturated rings. The van der Waals surface area contributed by atoms with Gasteiger partial charge in [-0.2, -0.15) is 13.2 Å². The Morgan fingerprint density at radius 1 is 1.12 bits per heavy atom. The van der Waals surface area contributed by atoms with E-state index in [1.807, 2.05) is 0 Å². The van der Waals surface area contributed by atoms with E-state index >= 15 is 0 Å². The van der Waals surface area contributed by atoms with E-state index < -0.39 is 17.6 Å². The zero-order valence-corrected chi connectivity index (χ0v) is 13.3. The number of amides is 1. The third-order valence-electron chi connectivity index (χ3n) is 3.56. The number of carbonyl (C=O) groups excluding carboxylic acids is 2. The van der Waals surface area contributed by atoms with Crippen molar-refractivity contribution in [1.29, 1.82) is 0 Å². The van der Waals surface area contributed by atoms with Crippen molar-refractivity contribution in [2.24, 2.45) is 0 Å². The third kappa shape index (κ3) is 3.42. The lowest BCUT2D eigenvalue weighted by Gasteiger charge is -2.14. The molecule has 8 heteroatoms. The van der Waals surface area contributed by atoms with Gasteiger partial charge in [0.25, 0.3) is 5.91 Å². The number of H-pyrrole nitrogens is 1. The number of hydrogen-bond donors (Lipinski definition) is 3. The molecule has 0 bridgehead atoms. The van der Waals surface area contributed by atoms with Crippen LogP contribution in [-0.2, 0) is 6.18 Å². The largest absolute Gasteiger partial charge is 0.418 e. The summed E-state index contributed by atoms with van der Waals surface area (Å²) in [5.41, 5.74) is 4.82. The molecule has 0 unspecified atom stereocenters. The number of hydrazine groups is 1. The predicted octanol–water partition coefficient (Wildman–Crippen LogP) is 3.61. The first-order chi connectivity index (χ1) is 11.1. The molecule has 0 saturated heterocycles. The van der Waals surface area contributed by atoms with Gasteiger partial charge in [0.1, 0.15) is 5.69 Å². The summed E-state index contributed by atoms with van der Waals surface area (Å²) < 4.78 is 38.7. The van der Waals surface area contributed by atoms with Crippen molar-refractivity contribution >= 4 is 17.4 Å². The van der Waals surface area contributed by atoms with Gasteiger partial charge in [-0.25, -0.2) is 0 Å². The van der Waals surface area contributed by atoms with Gasteiger partial charge in [-0.05, 0) is 38.5 Å². The average Bonchev–Trinajstić information content (AvgIpc) is 2.79. The van der Waals surface area contributed by atoms with E-state index in [1.165, 1.54) is 25.1 Å². The second kappa shape index (κ2) is 6.38. The van der Waals surface area contributed by atoms with Crippen LogP contribution in [0.25, 0.3) is 0 Å². The highest BCUT2D eigenvalue weighted by Gasteiger charge is 2.33. The van der Waals surface area contributed by atoms with E-state index in [0.29, 0.717) is 16.8 Å². The van der Waals surface area contributed by atoms with Crippen LogP contribution in [0.5, 0.6) is 0 Å². The molecule has 128 valence electrons. The molecular weight excluding hydrogens is 323 g/mol. The minimum Gasteiger partial charge on any atom is -0.354 e. The van der Waals surface area contributed by atoms with Crippen LogP contribution in [0.3, 0.4) is 0 Å². The first kappa shape index (κ1) is 17.6. The Bertz CT molecular complexity index is 794. The number of aromatic amines is 1. The van der Waals surface area contributed by atoms with Gasteiger partial charge in [-0.15, -0.1) is 0 Å². The fourth-order valence-electron chi connectivity index (χ4n) is 2.53. The zero-order chi connectivity index (χ0) is 18.1. The average molecular weight is 339 g/mol. The first-order valence-corrected chi connectivity index (χ1v) is 7.05. The molecular formula is C16H16F3N3O2. The van der Waals surface area contributed by atoms with Crippen LogP contribution < -0.4 is 10.9 Å². The third-order valence-corrected chi connectivity index (χ3v) is 3.56. The van der Waals surface area contributed by atoms with Crippen LogP contribution in [0.2, 0.25) is 0 Å². The molecule has 2 rings (SSSR count). The van der Waals surface area contributed by atoms with Crippen LogP contribution >= 0.6 is 0 Å². The number of nitrogens with one attached hydrogen (secondary N) is 3. The maximum atomic E-state index is 12.9. The van der Waals surface area contributed by atoms with E-state index in [0.717, 1.165) is 6.07 Å². The summed E-state index contributed by atoms with van der Waals surface area (Å²) in [5, 5.41) is 0.